The Balaban J connectivity index is 2.01. The summed E-state index contributed by atoms with van der Waals surface area (Å²) in [5.74, 6) is 0.179. The van der Waals surface area contributed by atoms with Gasteiger partial charge in [-0.15, -0.1) is 0 Å². The summed E-state index contributed by atoms with van der Waals surface area (Å²) in [6, 6.07) is 1.76. The number of carboxylic acids is 1. The second-order valence-corrected chi connectivity index (χ2v) is 7.02. The molecule has 1 saturated heterocycles. The Morgan fingerprint density at radius 2 is 2.33 bits per heavy atom. The minimum absolute atomic E-state index is 0.0751. The number of carbonyl (C=O) groups is 1. The van der Waals surface area contributed by atoms with E-state index in [1.54, 1.807) is 6.07 Å². The lowest BCUT2D eigenvalue weighted by atomic mass is 10.1. The van der Waals surface area contributed by atoms with Crippen molar-refractivity contribution in [3.05, 3.63) is 23.7 Å². The fraction of sp³-hybridized carbons (Fsp3) is 0.615. The molecule has 100 valence electrons. The van der Waals surface area contributed by atoms with Crippen molar-refractivity contribution >= 4 is 17.7 Å². The summed E-state index contributed by atoms with van der Waals surface area (Å²) in [6.45, 7) is 7.20. The molecule has 18 heavy (non-hydrogen) atoms. The quantitative estimate of drug-likeness (QED) is 0.914. The number of rotatable bonds is 3. The van der Waals surface area contributed by atoms with E-state index in [2.05, 4.69) is 18.7 Å². The van der Waals surface area contributed by atoms with Crippen LogP contribution in [0.25, 0.3) is 0 Å². The van der Waals surface area contributed by atoms with E-state index >= 15 is 0 Å². The smallest absolute Gasteiger partial charge is 0.372 e. The van der Waals surface area contributed by atoms with Gasteiger partial charge in [0, 0.05) is 29.2 Å². The lowest BCUT2D eigenvalue weighted by molar-refractivity contribution is 0.0659. The van der Waals surface area contributed by atoms with Crippen LogP contribution in [0.5, 0.6) is 0 Å². The van der Waals surface area contributed by atoms with E-state index < -0.39 is 5.97 Å². The number of carboxylic acid groups (broad SMARTS) is 1. The summed E-state index contributed by atoms with van der Waals surface area (Å²) in [7, 11) is 0. The molecule has 0 bridgehead atoms. The van der Waals surface area contributed by atoms with Crippen molar-refractivity contribution in [3.8, 4) is 0 Å². The number of hydrogen-bond donors (Lipinski definition) is 1. The van der Waals surface area contributed by atoms with Crippen molar-refractivity contribution < 1.29 is 14.3 Å². The van der Waals surface area contributed by atoms with Gasteiger partial charge in [-0.2, -0.15) is 11.8 Å². The predicted octanol–water partition coefficient (Wildman–Crippen LogP) is 2.70. The van der Waals surface area contributed by atoms with Gasteiger partial charge in [0.2, 0.25) is 5.76 Å². The molecule has 0 atom stereocenters. The van der Waals surface area contributed by atoms with Gasteiger partial charge in [-0.1, -0.05) is 13.8 Å². The first-order valence-corrected chi connectivity index (χ1v) is 7.12. The largest absolute Gasteiger partial charge is 0.475 e. The molecule has 1 aromatic rings. The van der Waals surface area contributed by atoms with Crippen LogP contribution >= 0.6 is 11.8 Å². The summed E-state index contributed by atoms with van der Waals surface area (Å²) < 4.78 is 5.33. The predicted molar refractivity (Wildman–Crippen MR) is 72.1 cm³/mol. The molecule has 0 aromatic carbocycles. The van der Waals surface area contributed by atoms with Crippen LogP contribution < -0.4 is 0 Å². The monoisotopic (exact) mass is 269 g/mol. The summed E-state index contributed by atoms with van der Waals surface area (Å²) in [6.07, 6.45) is 2.58. The van der Waals surface area contributed by atoms with Crippen LogP contribution in [-0.4, -0.2) is 39.6 Å². The average molecular weight is 269 g/mol. The molecule has 1 aliphatic rings. The molecule has 1 aliphatic heterocycles. The van der Waals surface area contributed by atoms with Gasteiger partial charge in [0.05, 0.1) is 6.26 Å². The highest BCUT2D eigenvalue weighted by atomic mass is 32.2. The first-order valence-electron chi connectivity index (χ1n) is 6.14. The molecule has 1 aromatic heterocycles. The van der Waals surface area contributed by atoms with E-state index in [-0.39, 0.29) is 5.76 Å². The maximum atomic E-state index is 11.0. The van der Waals surface area contributed by atoms with Crippen LogP contribution in [0.4, 0.5) is 0 Å². The number of furan rings is 1. The molecule has 4 nitrogen and oxygen atoms in total. The lowest BCUT2D eigenvalue weighted by Crippen LogP contribution is -2.27. The molecule has 5 heteroatoms. The van der Waals surface area contributed by atoms with Gasteiger partial charge < -0.3 is 9.52 Å². The first kappa shape index (κ1) is 13.5. The van der Waals surface area contributed by atoms with Crippen LogP contribution in [-0.2, 0) is 6.54 Å². The van der Waals surface area contributed by atoms with Gasteiger partial charge >= 0.3 is 5.97 Å². The topological polar surface area (TPSA) is 53.7 Å². The third-order valence-electron chi connectivity index (χ3n) is 3.27. The minimum atomic E-state index is -0.987. The van der Waals surface area contributed by atoms with Crippen LogP contribution in [0.1, 0.15) is 36.4 Å². The molecule has 2 rings (SSSR count). The molecule has 2 heterocycles. The number of aromatic carboxylic acids is 1. The Kier molecular flexibility index (Phi) is 4.02. The number of nitrogens with zero attached hydrogens (tertiary/aromatic N) is 1. The zero-order chi connectivity index (χ0) is 13.2. The summed E-state index contributed by atoms with van der Waals surface area (Å²) in [5.41, 5.74) is 0.771. The van der Waals surface area contributed by atoms with Gasteiger partial charge in [-0.3, -0.25) is 4.90 Å². The van der Waals surface area contributed by atoms with Crippen LogP contribution in [0.3, 0.4) is 0 Å². The van der Waals surface area contributed by atoms with Crippen LogP contribution in [0.2, 0.25) is 0 Å². The van der Waals surface area contributed by atoms with E-state index in [0.717, 1.165) is 30.8 Å². The highest BCUT2D eigenvalue weighted by Gasteiger charge is 2.25. The van der Waals surface area contributed by atoms with Crippen molar-refractivity contribution in [1.29, 1.82) is 0 Å². The Bertz CT molecular complexity index is 428. The maximum absolute atomic E-state index is 11.0. The second kappa shape index (κ2) is 5.36. The zero-order valence-corrected chi connectivity index (χ0v) is 11.6. The molecule has 0 radical (unpaired) electrons. The molecule has 1 N–H and O–H groups in total. The number of thioether (sulfide) groups is 1. The second-order valence-electron chi connectivity index (χ2n) is 5.21. The van der Waals surface area contributed by atoms with E-state index in [9.17, 15) is 4.79 Å². The van der Waals surface area contributed by atoms with Gasteiger partial charge in [-0.05, 0) is 19.0 Å². The van der Waals surface area contributed by atoms with E-state index in [4.69, 9.17) is 9.52 Å². The molecule has 0 aliphatic carbocycles. The maximum Gasteiger partial charge on any atom is 0.372 e. The van der Waals surface area contributed by atoms with Gasteiger partial charge in [0.15, 0.2) is 0 Å². The van der Waals surface area contributed by atoms with Crippen LogP contribution in [0, 0.1) is 0 Å². The molecule has 0 spiro atoms. The molecule has 1 fully saturated rings. The highest BCUT2D eigenvalue weighted by Crippen LogP contribution is 2.31. The third kappa shape index (κ3) is 3.29. The van der Waals surface area contributed by atoms with E-state index in [1.165, 1.54) is 6.26 Å². The third-order valence-corrected chi connectivity index (χ3v) is 4.64. The summed E-state index contributed by atoms with van der Waals surface area (Å²) in [5, 5.41) is 9.01. The Morgan fingerprint density at radius 1 is 1.56 bits per heavy atom. The fourth-order valence-corrected chi connectivity index (χ4v) is 3.25. The van der Waals surface area contributed by atoms with Crippen molar-refractivity contribution in [2.75, 3.05) is 18.8 Å². The van der Waals surface area contributed by atoms with Crippen molar-refractivity contribution in [3.63, 3.8) is 0 Å². The van der Waals surface area contributed by atoms with Crippen molar-refractivity contribution in [2.24, 2.45) is 0 Å². The fourth-order valence-electron chi connectivity index (χ4n) is 2.11. The Morgan fingerprint density at radius 3 is 3.06 bits per heavy atom. The Hall–Kier alpha value is -0.940. The lowest BCUT2D eigenvalue weighted by Gasteiger charge is -2.22. The number of hydrogen-bond acceptors (Lipinski definition) is 4. The SMILES string of the molecule is CC1(C)CCN(Cc2ccoc2C(=O)O)CCS1. The van der Waals surface area contributed by atoms with Crippen LogP contribution in [0.15, 0.2) is 16.7 Å². The molecular weight excluding hydrogens is 250 g/mol. The van der Waals surface area contributed by atoms with Gasteiger partial charge in [-0.25, -0.2) is 4.79 Å². The van der Waals surface area contributed by atoms with Crippen molar-refractivity contribution in [2.45, 2.75) is 31.6 Å². The molecule has 0 saturated carbocycles. The molecule has 0 amide bonds. The highest BCUT2D eigenvalue weighted by molar-refractivity contribution is 8.00. The molecular formula is C13H19NO3S. The van der Waals surface area contributed by atoms with Crippen molar-refractivity contribution in [1.82, 2.24) is 4.90 Å². The Labute approximate surface area is 111 Å². The summed E-state index contributed by atoms with van der Waals surface area (Å²) in [4.78, 5) is 13.3. The standard InChI is InChI=1S/C13H19NO3S/c1-13(2)4-5-14(6-8-18-13)9-10-3-7-17-11(10)12(15)16/h3,7H,4-6,8-9H2,1-2H3,(H,15,16). The first-order chi connectivity index (χ1) is 8.48. The van der Waals surface area contributed by atoms with Gasteiger partial charge in [0.25, 0.3) is 0 Å². The normalized spacial score (nSPS) is 20.6. The zero-order valence-electron chi connectivity index (χ0n) is 10.8. The van der Waals surface area contributed by atoms with Gasteiger partial charge in [0.1, 0.15) is 0 Å². The van der Waals surface area contributed by atoms with E-state index in [1.807, 2.05) is 11.8 Å². The minimum Gasteiger partial charge on any atom is -0.475 e. The summed E-state index contributed by atoms with van der Waals surface area (Å²) >= 11 is 1.99. The average Bonchev–Trinajstić information content (AvgIpc) is 2.66. The van der Waals surface area contributed by atoms with E-state index in [0.29, 0.717) is 11.3 Å². The molecule has 0 unspecified atom stereocenters.